The average Bonchev–Trinajstić information content (AvgIpc) is 3.15. The third kappa shape index (κ3) is 6.10. The number of piperazine rings is 1. The van der Waals surface area contributed by atoms with Gasteiger partial charge in [-0.25, -0.2) is 0 Å². The largest absolute Gasteiger partial charge is 0.361 e. The van der Waals surface area contributed by atoms with Crippen molar-refractivity contribution >= 4 is 23.6 Å². The van der Waals surface area contributed by atoms with Crippen LogP contribution in [-0.4, -0.2) is 71.8 Å². The molecule has 1 aliphatic rings. The molecule has 1 aliphatic heterocycles. The molecule has 0 bridgehead atoms. The van der Waals surface area contributed by atoms with E-state index in [9.17, 15) is 9.59 Å². The predicted octanol–water partition coefficient (Wildman–Crippen LogP) is 2.04. The first-order valence-corrected chi connectivity index (χ1v) is 10.5. The van der Waals surface area contributed by atoms with Gasteiger partial charge >= 0.3 is 0 Å². The lowest BCUT2D eigenvalue weighted by molar-refractivity contribution is -0.120. The van der Waals surface area contributed by atoms with Crippen molar-refractivity contribution in [2.45, 2.75) is 18.2 Å². The molecule has 2 aromatic rings. The monoisotopic (exact) mass is 402 g/mol. The summed E-state index contributed by atoms with van der Waals surface area (Å²) in [6, 6.07) is 11.8. The van der Waals surface area contributed by atoms with Crippen LogP contribution in [0.15, 0.2) is 45.8 Å². The van der Waals surface area contributed by atoms with Crippen LogP contribution in [0.5, 0.6) is 0 Å². The van der Waals surface area contributed by atoms with E-state index in [2.05, 4.69) is 27.5 Å². The summed E-state index contributed by atoms with van der Waals surface area (Å²) >= 11 is 1.69. The van der Waals surface area contributed by atoms with Gasteiger partial charge in [-0.1, -0.05) is 23.4 Å². The summed E-state index contributed by atoms with van der Waals surface area (Å²) in [5, 5.41) is 6.78. The number of hydrogen-bond donors (Lipinski definition) is 1. The van der Waals surface area contributed by atoms with Gasteiger partial charge in [0.05, 0.1) is 0 Å². The van der Waals surface area contributed by atoms with Gasteiger partial charge in [-0.2, -0.15) is 0 Å². The highest BCUT2D eigenvalue weighted by molar-refractivity contribution is 7.99. The fraction of sp³-hybridized carbons (Fsp3) is 0.450. The van der Waals surface area contributed by atoms with Crippen molar-refractivity contribution in [2.75, 3.05) is 45.0 Å². The number of carbonyl (C=O) groups is 2. The smallest absolute Gasteiger partial charge is 0.276 e. The molecule has 3 rings (SSSR count). The van der Waals surface area contributed by atoms with E-state index in [1.165, 1.54) is 4.90 Å². The van der Waals surface area contributed by atoms with Gasteiger partial charge in [0.2, 0.25) is 5.91 Å². The quantitative estimate of drug-likeness (QED) is 0.681. The minimum Gasteiger partial charge on any atom is -0.361 e. The van der Waals surface area contributed by atoms with Crippen molar-refractivity contribution < 1.29 is 14.1 Å². The lowest BCUT2D eigenvalue weighted by Crippen LogP contribution is -2.50. The Morgan fingerprint density at radius 1 is 1.18 bits per heavy atom. The Balaban J connectivity index is 1.28. The summed E-state index contributed by atoms with van der Waals surface area (Å²) in [5.41, 5.74) is 0.367. The maximum Gasteiger partial charge on any atom is 0.276 e. The maximum absolute atomic E-state index is 12.4. The van der Waals surface area contributed by atoms with Crippen LogP contribution in [0.25, 0.3) is 0 Å². The van der Waals surface area contributed by atoms with Crippen LogP contribution in [0.4, 0.5) is 0 Å². The normalized spacial score (nSPS) is 14.8. The third-order valence-corrected chi connectivity index (χ3v) is 5.61. The van der Waals surface area contributed by atoms with E-state index in [-0.39, 0.29) is 11.8 Å². The summed E-state index contributed by atoms with van der Waals surface area (Å²) in [5.74, 6) is 1.41. The van der Waals surface area contributed by atoms with Crippen molar-refractivity contribution in [3.63, 3.8) is 0 Å². The first kappa shape index (κ1) is 20.4. The van der Waals surface area contributed by atoms with Crippen LogP contribution in [0, 0.1) is 6.92 Å². The molecule has 0 spiro atoms. The van der Waals surface area contributed by atoms with Crippen molar-refractivity contribution in [3.8, 4) is 0 Å². The molecule has 28 heavy (non-hydrogen) atoms. The number of nitrogens with zero attached hydrogens (tertiary/aromatic N) is 3. The molecule has 1 fully saturated rings. The SMILES string of the molecule is Cc1cc(C(=O)N2CCN(CCNC(=O)CCSc3ccccc3)CC2)no1. The molecule has 1 saturated heterocycles. The van der Waals surface area contributed by atoms with E-state index >= 15 is 0 Å². The molecule has 7 nitrogen and oxygen atoms in total. The summed E-state index contributed by atoms with van der Waals surface area (Å²) < 4.78 is 4.98. The van der Waals surface area contributed by atoms with Gasteiger partial charge in [0.25, 0.3) is 5.91 Å². The Hall–Kier alpha value is -2.32. The van der Waals surface area contributed by atoms with E-state index in [0.717, 1.165) is 25.4 Å². The van der Waals surface area contributed by atoms with Gasteiger partial charge in [0.15, 0.2) is 5.69 Å². The summed E-state index contributed by atoms with van der Waals surface area (Å²) in [4.78, 5) is 29.6. The summed E-state index contributed by atoms with van der Waals surface area (Å²) in [6.07, 6.45) is 0.513. The number of aromatic nitrogens is 1. The molecular weight excluding hydrogens is 376 g/mol. The standard InChI is InChI=1S/C20H26N4O3S/c1-16-15-18(22-27-16)20(26)24-12-10-23(11-13-24)9-8-21-19(25)7-14-28-17-5-3-2-4-6-17/h2-6,15H,7-14H2,1H3,(H,21,25). The van der Waals surface area contributed by atoms with Gasteiger partial charge in [-0.15, -0.1) is 11.8 Å². The lowest BCUT2D eigenvalue weighted by Gasteiger charge is -2.34. The number of aryl methyl sites for hydroxylation is 1. The second-order valence-electron chi connectivity index (χ2n) is 6.72. The molecule has 1 aromatic heterocycles. The van der Waals surface area contributed by atoms with Gasteiger partial charge in [0, 0.05) is 62.4 Å². The Labute approximate surface area is 169 Å². The molecule has 2 amide bonds. The number of benzene rings is 1. The number of thioether (sulfide) groups is 1. The van der Waals surface area contributed by atoms with Crippen LogP contribution in [0.3, 0.4) is 0 Å². The van der Waals surface area contributed by atoms with Crippen LogP contribution in [-0.2, 0) is 4.79 Å². The maximum atomic E-state index is 12.4. The minimum atomic E-state index is -0.0827. The Bertz CT molecular complexity index is 773. The van der Waals surface area contributed by atoms with Crippen LogP contribution in [0.1, 0.15) is 22.7 Å². The molecular formula is C20H26N4O3S. The van der Waals surface area contributed by atoms with Gasteiger partial charge in [-0.3, -0.25) is 14.5 Å². The Kier molecular flexibility index (Phi) is 7.50. The minimum absolute atomic E-state index is 0.0821. The zero-order valence-electron chi connectivity index (χ0n) is 16.1. The molecule has 8 heteroatoms. The molecule has 0 radical (unpaired) electrons. The zero-order chi connectivity index (χ0) is 19.8. The molecule has 2 heterocycles. The summed E-state index contributed by atoms with van der Waals surface area (Å²) in [7, 11) is 0. The zero-order valence-corrected chi connectivity index (χ0v) is 16.9. The molecule has 0 atom stereocenters. The molecule has 1 N–H and O–H groups in total. The first-order valence-electron chi connectivity index (χ1n) is 9.51. The van der Waals surface area contributed by atoms with Crippen molar-refractivity contribution in [1.29, 1.82) is 0 Å². The van der Waals surface area contributed by atoms with Crippen molar-refractivity contribution in [3.05, 3.63) is 47.9 Å². The van der Waals surface area contributed by atoms with Crippen molar-refractivity contribution in [2.24, 2.45) is 0 Å². The fourth-order valence-electron chi connectivity index (χ4n) is 3.02. The fourth-order valence-corrected chi connectivity index (χ4v) is 3.90. The third-order valence-electron chi connectivity index (χ3n) is 4.60. The summed E-state index contributed by atoms with van der Waals surface area (Å²) in [6.45, 7) is 6.10. The molecule has 0 aliphatic carbocycles. The highest BCUT2D eigenvalue weighted by atomic mass is 32.2. The van der Waals surface area contributed by atoms with Gasteiger partial charge in [0.1, 0.15) is 5.76 Å². The predicted molar refractivity (Wildman–Crippen MR) is 108 cm³/mol. The number of hydrogen-bond acceptors (Lipinski definition) is 6. The number of rotatable bonds is 8. The second-order valence-corrected chi connectivity index (χ2v) is 7.89. The van der Waals surface area contributed by atoms with Crippen LogP contribution < -0.4 is 5.32 Å². The average molecular weight is 403 g/mol. The van der Waals surface area contributed by atoms with Crippen LogP contribution in [0.2, 0.25) is 0 Å². The number of carbonyl (C=O) groups excluding carboxylic acids is 2. The van der Waals surface area contributed by atoms with E-state index in [0.29, 0.717) is 37.5 Å². The highest BCUT2D eigenvalue weighted by Gasteiger charge is 2.24. The first-order chi connectivity index (χ1) is 13.6. The van der Waals surface area contributed by atoms with Gasteiger partial charge in [-0.05, 0) is 19.1 Å². The molecule has 150 valence electrons. The number of nitrogens with one attached hydrogen (secondary N) is 1. The number of amides is 2. The van der Waals surface area contributed by atoms with E-state index in [4.69, 9.17) is 4.52 Å². The molecule has 1 aromatic carbocycles. The van der Waals surface area contributed by atoms with E-state index < -0.39 is 0 Å². The molecule has 0 unspecified atom stereocenters. The second kappa shape index (κ2) is 10.3. The van der Waals surface area contributed by atoms with E-state index in [1.54, 1.807) is 29.7 Å². The topological polar surface area (TPSA) is 78.7 Å². The van der Waals surface area contributed by atoms with E-state index in [1.807, 2.05) is 18.2 Å². The Morgan fingerprint density at radius 3 is 2.61 bits per heavy atom. The van der Waals surface area contributed by atoms with Crippen LogP contribution >= 0.6 is 11.8 Å². The van der Waals surface area contributed by atoms with Gasteiger partial charge < -0.3 is 14.7 Å². The highest BCUT2D eigenvalue weighted by Crippen LogP contribution is 2.17. The molecule has 0 saturated carbocycles. The Morgan fingerprint density at radius 2 is 1.93 bits per heavy atom. The van der Waals surface area contributed by atoms with Crippen molar-refractivity contribution in [1.82, 2.24) is 20.3 Å². The lowest BCUT2D eigenvalue weighted by atomic mass is 10.2.